The molecule has 0 aliphatic rings. The summed E-state index contributed by atoms with van der Waals surface area (Å²) in [5, 5.41) is 6.84. The van der Waals surface area contributed by atoms with Gasteiger partial charge in [0.25, 0.3) is 0 Å². The number of rotatable bonds is 5. The first-order valence-electron chi connectivity index (χ1n) is 5.67. The van der Waals surface area contributed by atoms with E-state index >= 15 is 0 Å². The maximum atomic E-state index is 11.7. The SMILES string of the molecule is CCC(C)[C@H](N)C(=O)Nc1cnn(CC)c1. The van der Waals surface area contributed by atoms with Gasteiger partial charge in [-0.15, -0.1) is 0 Å². The molecule has 0 radical (unpaired) electrons. The van der Waals surface area contributed by atoms with Gasteiger partial charge in [-0.3, -0.25) is 9.48 Å². The second kappa shape index (κ2) is 5.65. The average molecular weight is 224 g/mol. The van der Waals surface area contributed by atoms with Crippen molar-refractivity contribution in [2.75, 3.05) is 5.32 Å². The summed E-state index contributed by atoms with van der Waals surface area (Å²) in [6, 6.07) is -0.463. The molecular formula is C11H20N4O. The molecule has 1 amide bonds. The van der Waals surface area contributed by atoms with Crippen LogP contribution >= 0.6 is 0 Å². The first-order chi connectivity index (χ1) is 7.58. The van der Waals surface area contributed by atoms with E-state index in [0.29, 0.717) is 5.69 Å². The van der Waals surface area contributed by atoms with Gasteiger partial charge in [0, 0.05) is 12.7 Å². The predicted molar refractivity (Wildman–Crippen MR) is 64.0 cm³/mol. The number of nitrogens with zero attached hydrogens (tertiary/aromatic N) is 2. The van der Waals surface area contributed by atoms with E-state index in [1.807, 2.05) is 20.8 Å². The number of aromatic nitrogens is 2. The Kier molecular flexibility index (Phi) is 4.49. The number of anilines is 1. The van der Waals surface area contributed by atoms with Crippen molar-refractivity contribution in [1.82, 2.24) is 9.78 Å². The molecule has 0 aromatic carbocycles. The van der Waals surface area contributed by atoms with Crippen LogP contribution in [0.2, 0.25) is 0 Å². The summed E-state index contributed by atoms with van der Waals surface area (Å²) in [6.07, 6.45) is 4.31. The number of nitrogens with two attached hydrogens (primary N) is 1. The normalized spacial score (nSPS) is 14.5. The first kappa shape index (κ1) is 12.7. The molecule has 0 aliphatic carbocycles. The number of aryl methyl sites for hydroxylation is 1. The molecule has 2 atom stereocenters. The van der Waals surface area contributed by atoms with Crippen LogP contribution < -0.4 is 11.1 Å². The third-order valence-corrected chi connectivity index (χ3v) is 2.78. The highest BCUT2D eigenvalue weighted by atomic mass is 16.2. The molecule has 5 heteroatoms. The fourth-order valence-electron chi connectivity index (χ4n) is 1.34. The Morgan fingerprint density at radius 1 is 1.62 bits per heavy atom. The fraction of sp³-hybridized carbons (Fsp3) is 0.636. The summed E-state index contributed by atoms with van der Waals surface area (Å²) < 4.78 is 1.75. The zero-order chi connectivity index (χ0) is 12.1. The van der Waals surface area contributed by atoms with Gasteiger partial charge in [0.1, 0.15) is 0 Å². The van der Waals surface area contributed by atoms with Crippen molar-refractivity contribution in [1.29, 1.82) is 0 Å². The third-order valence-electron chi connectivity index (χ3n) is 2.78. The van der Waals surface area contributed by atoms with Crippen LogP contribution in [0.4, 0.5) is 5.69 Å². The molecule has 0 saturated heterocycles. The Balaban J connectivity index is 2.57. The number of nitrogens with one attached hydrogen (secondary N) is 1. The van der Waals surface area contributed by atoms with E-state index in [-0.39, 0.29) is 11.8 Å². The molecule has 0 spiro atoms. The largest absolute Gasteiger partial charge is 0.322 e. The summed E-state index contributed by atoms with van der Waals surface area (Å²) in [5.74, 6) is 0.0335. The van der Waals surface area contributed by atoms with Crippen molar-refractivity contribution in [2.24, 2.45) is 11.7 Å². The lowest BCUT2D eigenvalue weighted by Crippen LogP contribution is -2.40. The molecule has 16 heavy (non-hydrogen) atoms. The van der Waals surface area contributed by atoms with Gasteiger partial charge in [0.05, 0.1) is 17.9 Å². The van der Waals surface area contributed by atoms with Gasteiger partial charge in [0.15, 0.2) is 0 Å². The Morgan fingerprint density at radius 2 is 2.31 bits per heavy atom. The number of hydrogen-bond acceptors (Lipinski definition) is 3. The van der Waals surface area contributed by atoms with Crippen LogP contribution in [0, 0.1) is 5.92 Å². The van der Waals surface area contributed by atoms with Crippen molar-refractivity contribution < 1.29 is 4.79 Å². The lowest BCUT2D eigenvalue weighted by molar-refractivity contribution is -0.118. The Hall–Kier alpha value is -1.36. The molecule has 5 nitrogen and oxygen atoms in total. The molecule has 0 fully saturated rings. The topological polar surface area (TPSA) is 72.9 Å². The van der Waals surface area contributed by atoms with Crippen LogP contribution in [0.5, 0.6) is 0 Å². The zero-order valence-corrected chi connectivity index (χ0v) is 10.1. The van der Waals surface area contributed by atoms with Gasteiger partial charge in [-0.1, -0.05) is 20.3 Å². The van der Waals surface area contributed by atoms with Crippen molar-refractivity contribution in [3.63, 3.8) is 0 Å². The molecule has 0 saturated carbocycles. The van der Waals surface area contributed by atoms with Crippen molar-refractivity contribution in [3.8, 4) is 0 Å². The predicted octanol–water partition coefficient (Wildman–Crippen LogP) is 1.21. The molecule has 0 bridgehead atoms. The van der Waals surface area contributed by atoms with Gasteiger partial charge in [0.2, 0.25) is 5.91 Å². The molecule has 90 valence electrons. The molecule has 1 rings (SSSR count). The quantitative estimate of drug-likeness (QED) is 0.789. The van der Waals surface area contributed by atoms with Gasteiger partial charge in [-0.2, -0.15) is 5.10 Å². The number of carbonyl (C=O) groups excluding carboxylic acids is 1. The van der Waals surface area contributed by atoms with Crippen LogP contribution in [0.3, 0.4) is 0 Å². The third kappa shape index (κ3) is 3.06. The van der Waals surface area contributed by atoms with Crippen molar-refractivity contribution in [2.45, 2.75) is 39.8 Å². The van der Waals surface area contributed by atoms with E-state index in [2.05, 4.69) is 10.4 Å². The minimum Gasteiger partial charge on any atom is -0.322 e. The number of hydrogen-bond donors (Lipinski definition) is 2. The Bertz CT molecular complexity index is 348. The lowest BCUT2D eigenvalue weighted by Gasteiger charge is -2.16. The smallest absolute Gasteiger partial charge is 0.241 e. The van der Waals surface area contributed by atoms with E-state index in [0.717, 1.165) is 13.0 Å². The van der Waals surface area contributed by atoms with E-state index in [4.69, 9.17) is 5.73 Å². The lowest BCUT2D eigenvalue weighted by atomic mass is 9.99. The molecule has 1 aromatic heterocycles. The monoisotopic (exact) mass is 224 g/mol. The Morgan fingerprint density at radius 3 is 2.81 bits per heavy atom. The molecule has 0 aliphatic heterocycles. The second-order valence-corrected chi connectivity index (χ2v) is 3.99. The maximum Gasteiger partial charge on any atom is 0.241 e. The maximum absolute atomic E-state index is 11.7. The zero-order valence-electron chi connectivity index (χ0n) is 10.1. The summed E-state index contributed by atoms with van der Waals surface area (Å²) in [7, 11) is 0. The van der Waals surface area contributed by atoms with Crippen molar-refractivity contribution >= 4 is 11.6 Å². The van der Waals surface area contributed by atoms with Crippen LogP contribution in [0.1, 0.15) is 27.2 Å². The number of amides is 1. The summed E-state index contributed by atoms with van der Waals surface area (Å²) in [6.45, 7) is 6.77. The van der Waals surface area contributed by atoms with Crippen LogP contribution in [0.15, 0.2) is 12.4 Å². The highest BCUT2D eigenvalue weighted by molar-refractivity contribution is 5.94. The molecule has 1 unspecified atom stereocenters. The fourth-order valence-corrected chi connectivity index (χ4v) is 1.34. The highest BCUT2D eigenvalue weighted by Gasteiger charge is 2.19. The van der Waals surface area contributed by atoms with Crippen LogP contribution in [-0.2, 0) is 11.3 Å². The molecule has 3 N–H and O–H groups in total. The number of carbonyl (C=O) groups is 1. The summed E-state index contributed by atoms with van der Waals surface area (Å²) >= 11 is 0. The van der Waals surface area contributed by atoms with Crippen LogP contribution in [0.25, 0.3) is 0 Å². The van der Waals surface area contributed by atoms with E-state index in [9.17, 15) is 4.79 Å². The van der Waals surface area contributed by atoms with E-state index in [1.54, 1.807) is 17.1 Å². The Labute approximate surface area is 96.0 Å². The minimum atomic E-state index is -0.463. The molecule has 1 aromatic rings. The van der Waals surface area contributed by atoms with E-state index in [1.165, 1.54) is 0 Å². The summed E-state index contributed by atoms with van der Waals surface area (Å²) in [4.78, 5) is 11.7. The first-order valence-corrected chi connectivity index (χ1v) is 5.67. The van der Waals surface area contributed by atoms with E-state index < -0.39 is 6.04 Å². The summed E-state index contributed by atoms with van der Waals surface area (Å²) in [5.41, 5.74) is 6.52. The average Bonchev–Trinajstić information content (AvgIpc) is 2.74. The van der Waals surface area contributed by atoms with Crippen molar-refractivity contribution in [3.05, 3.63) is 12.4 Å². The minimum absolute atomic E-state index is 0.148. The molecule has 1 heterocycles. The van der Waals surface area contributed by atoms with Gasteiger partial charge in [-0.25, -0.2) is 0 Å². The van der Waals surface area contributed by atoms with Crippen LogP contribution in [-0.4, -0.2) is 21.7 Å². The second-order valence-electron chi connectivity index (χ2n) is 3.99. The van der Waals surface area contributed by atoms with Gasteiger partial charge >= 0.3 is 0 Å². The molecular weight excluding hydrogens is 204 g/mol. The van der Waals surface area contributed by atoms with Gasteiger partial charge in [-0.05, 0) is 12.8 Å². The highest BCUT2D eigenvalue weighted by Crippen LogP contribution is 2.09. The van der Waals surface area contributed by atoms with Gasteiger partial charge < -0.3 is 11.1 Å². The standard InChI is InChI=1S/C11H20N4O/c1-4-8(3)10(12)11(16)14-9-6-13-15(5-2)7-9/h6-8,10H,4-5,12H2,1-3H3,(H,14,16)/t8?,10-/m0/s1.